The molecule has 0 aliphatic heterocycles. The Morgan fingerprint density at radius 2 is 1.68 bits per heavy atom. The molecule has 0 heterocycles. The molecule has 3 heteroatoms. The van der Waals surface area contributed by atoms with Gasteiger partial charge in [-0.15, -0.1) is 0 Å². The molecule has 0 aromatic rings. The second kappa shape index (κ2) is 6.55. The van der Waals surface area contributed by atoms with Crippen LogP contribution in [0.15, 0.2) is 0 Å². The second-order valence-electron chi connectivity index (χ2n) is 9.99. The molecule has 4 fully saturated rings. The van der Waals surface area contributed by atoms with Gasteiger partial charge in [0.15, 0.2) is 5.12 Å². The standard InChI is InChI=1S/C22H36O2S/c1-21-11-9-15(24-3)13-14(21)5-6-16-17-7-8-19(20(23)25-4)22(17,2)12-10-18(16)21/h14-19H,5-13H2,1-4H3. The van der Waals surface area contributed by atoms with Crippen LogP contribution in [-0.4, -0.2) is 24.6 Å². The third-order valence-electron chi connectivity index (χ3n) is 9.44. The lowest BCUT2D eigenvalue weighted by Gasteiger charge is -2.61. The van der Waals surface area contributed by atoms with Crippen LogP contribution in [0, 0.1) is 40.4 Å². The molecule has 0 aromatic heterocycles. The van der Waals surface area contributed by atoms with Crippen molar-refractivity contribution in [1.82, 2.24) is 0 Å². The van der Waals surface area contributed by atoms with Crippen molar-refractivity contribution in [3.63, 3.8) is 0 Å². The van der Waals surface area contributed by atoms with Crippen LogP contribution in [0.5, 0.6) is 0 Å². The van der Waals surface area contributed by atoms with E-state index in [-0.39, 0.29) is 5.41 Å². The lowest BCUT2D eigenvalue weighted by Crippen LogP contribution is -2.54. The van der Waals surface area contributed by atoms with E-state index in [2.05, 4.69) is 13.8 Å². The smallest absolute Gasteiger partial charge is 0.192 e. The Labute approximate surface area is 158 Å². The predicted octanol–water partition coefficient (Wildman–Crippen LogP) is 5.55. The zero-order valence-corrected chi connectivity index (χ0v) is 17.4. The molecule has 142 valence electrons. The molecule has 0 N–H and O–H groups in total. The van der Waals surface area contributed by atoms with Gasteiger partial charge in [0.25, 0.3) is 0 Å². The molecule has 25 heavy (non-hydrogen) atoms. The van der Waals surface area contributed by atoms with Crippen molar-refractivity contribution in [3.05, 3.63) is 0 Å². The zero-order valence-electron chi connectivity index (χ0n) is 16.6. The highest BCUT2D eigenvalue weighted by Crippen LogP contribution is 2.67. The summed E-state index contributed by atoms with van der Waals surface area (Å²) in [5, 5.41) is 0.462. The SMILES string of the molecule is COC1CCC2(C)C(CCC3C2CCC2(C)C(C(=O)SC)CCC32)C1. The zero-order chi connectivity index (χ0) is 17.8. The van der Waals surface area contributed by atoms with E-state index in [0.717, 1.165) is 30.1 Å². The number of carbonyl (C=O) groups excluding carboxylic acids is 1. The van der Waals surface area contributed by atoms with Crippen molar-refractivity contribution in [2.75, 3.05) is 13.4 Å². The van der Waals surface area contributed by atoms with Crippen LogP contribution in [0.2, 0.25) is 0 Å². The monoisotopic (exact) mass is 364 g/mol. The van der Waals surface area contributed by atoms with Gasteiger partial charge < -0.3 is 4.74 Å². The van der Waals surface area contributed by atoms with Gasteiger partial charge >= 0.3 is 0 Å². The van der Waals surface area contributed by atoms with Crippen LogP contribution < -0.4 is 0 Å². The van der Waals surface area contributed by atoms with Crippen molar-refractivity contribution >= 4 is 16.9 Å². The van der Waals surface area contributed by atoms with E-state index in [1.54, 1.807) is 0 Å². The predicted molar refractivity (Wildman–Crippen MR) is 105 cm³/mol. The first-order valence-corrected chi connectivity index (χ1v) is 11.8. The molecule has 2 nitrogen and oxygen atoms in total. The molecule has 0 spiro atoms. The first-order chi connectivity index (χ1) is 11.9. The van der Waals surface area contributed by atoms with Gasteiger partial charge in [-0.2, -0.15) is 0 Å². The first-order valence-electron chi connectivity index (χ1n) is 10.5. The highest BCUT2D eigenvalue weighted by Gasteiger charge is 2.61. The van der Waals surface area contributed by atoms with Gasteiger partial charge in [-0.25, -0.2) is 0 Å². The molecular formula is C22H36O2S. The van der Waals surface area contributed by atoms with E-state index >= 15 is 0 Å². The molecule has 4 saturated carbocycles. The molecule has 0 amide bonds. The molecule has 8 unspecified atom stereocenters. The second-order valence-corrected chi connectivity index (χ2v) is 10.8. The van der Waals surface area contributed by atoms with Crippen molar-refractivity contribution < 1.29 is 9.53 Å². The highest BCUT2D eigenvalue weighted by molar-refractivity contribution is 8.13. The summed E-state index contributed by atoms with van der Waals surface area (Å²) in [4.78, 5) is 12.5. The first kappa shape index (κ1) is 18.3. The van der Waals surface area contributed by atoms with Gasteiger partial charge in [-0.1, -0.05) is 25.6 Å². The number of carbonyl (C=O) groups is 1. The van der Waals surface area contributed by atoms with Crippen LogP contribution in [0.4, 0.5) is 0 Å². The van der Waals surface area contributed by atoms with E-state index in [4.69, 9.17) is 4.74 Å². The van der Waals surface area contributed by atoms with Crippen molar-refractivity contribution in [2.45, 2.75) is 77.7 Å². The summed E-state index contributed by atoms with van der Waals surface area (Å²) in [6, 6.07) is 0. The average molecular weight is 365 g/mol. The molecule has 0 saturated heterocycles. The third kappa shape index (κ3) is 2.66. The van der Waals surface area contributed by atoms with Crippen LogP contribution >= 0.6 is 11.8 Å². The number of thioether (sulfide) groups is 1. The molecule has 0 radical (unpaired) electrons. The molecule has 4 aliphatic rings. The maximum absolute atomic E-state index is 12.5. The normalized spacial score (nSPS) is 52.2. The number of rotatable bonds is 2. The van der Waals surface area contributed by atoms with Crippen LogP contribution in [0.1, 0.15) is 71.6 Å². The van der Waals surface area contributed by atoms with Gasteiger partial charge in [0, 0.05) is 13.0 Å². The fourth-order valence-corrected chi connectivity index (χ4v) is 8.63. The molecular weight excluding hydrogens is 328 g/mol. The van der Waals surface area contributed by atoms with E-state index in [1.165, 1.54) is 63.1 Å². The van der Waals surface area contributed by atoms with E-state index in [0.29, 0.717) is 22.6 Å². The number of hydrogen-bond acceptors (Lipinski definition) is 3. The summed E-state index contributed by atoms with van der Waals surface area (Å²) >= 11 is 1.47. The number of methoxy groups -OCH3 is 1. The summed E-state index contributed by atoms with van der Waals surface area (Å²) in [7, 11) is 1.90. The van der Waals surface area contributed by atoms with E-state index < -0.39 is 0 Å². The molecule has 8 atom stereocenters. The lowest BCUT2D eigenvalue weighted by molar-refractivity contribution is -0.136. The maximum Gasteiger partial charge on any atom is 0.192 e. The van der Waals surface area contributed by atoms with Crippen molar-refractivity contribution in [3.8, 4) is 0 Å². The fourth-order valence-electron chi connectivity index (χ4n) is 7.96. The molecule has 0 aromatic carbocycles. The Bertz CT molecular complexity index is 534. The minimum atomic E-state index is 0.286. The fraction of sp³-hybridized carbons (Fsp3) is 0.955. The largest absolute Gasteiger partial charge is 0.381 e. The Balaban J connectivity index is 1.57. The topological polar surface area (TPSA) is 26.3 Å². The summed E-state index contributed by atoms with van der Waals surface area (Å²) < 4.78 is 5.72. The molecule has 4 rings (SSSR count). The van der Waals surface area contributed by atoms with E-state index in [1.807, 2.05) is 13.4 Å². The van der Waals surface area contributed by atoms with Gasteiger partial charge in [-0.3, -0.25) is 4.79 Å². The van der Waals surface area contributed by atoms with Crippen molar-refractivity contribution in [1.29, 1.82) is 0 Å². The van der Waals surface area contributed by atoms with Gasteiger partial charge in [0.05, 0.1) is 6.10 Å². The Kier molecular flexibility index (Phi) is 4.81. The summed E-state index contributed by atoms with van der Waals surface area (Å²) in [6.45, 7) is 5.08. The lowest BCUT2D eigenvalue weighted by atomic mass is 9.44. The third-order valence-corrected chi connectivity index (χ3v) is 10.1. The molecule has 4 aliphatic carbocycles. The minimum absolute atomic E-state index is 0.286. The maximum atomic E-state index is 12.5. The average Bonchev–Trinajstić information content (AvgIpc) is 2.97. The van der Waals surface area contributed by atoms with E-state index in [9.17, 15) is 4.79 Å². The Hall–Kier alpha value is -0.0200. The van der Waals surface area contributed by atoms with Crippen molar-refractivity contribution in [2.24, 2.45) is 40.4 Å². The van der Waals surface area contributed by atoms with Crippen LogP contribution in [-0.2, 0) is 9.53 Å². The quantitative estimate of drug-likeness (QED) is 0.642. The molecule has 0 bridgehead atoms. The summed E-state index contributed by atoms with van der Waals surface area (Å²) in [5.41, 5.74) is 0.815. The number of ether oxygens (including phenoxy) is 1. The van der Waals surface area contributed by atoms with Gasteiger partial charge in [0.2, 0.25) is 0 Å². The minimum Gasteiger partial charge on any atom is -0.381 e. The van der Waals surface area contributed by atoms with Gasteiger partial charge in [0.1, 0.15) is 0 Å². The highest BCUT2D eigenvalue weighted by atomic mass is 32.2. The van der Waals surface area contributed by atoms with Crippen LogP contribution in [0.25, 0.3) is 0 Å². The number of fused-ring (bicyclic) bond motifs is 5. The Morgan fingerprint density at radius 1 is 0.960 bits per heavy atom. The van der Waals surface area contributed by atoms with Gasteiger partial charge in [-0.05, 0) is 98.5 Å². The Morgan fingerprint density at radius 3 is 2.40 bits per heavy atom. The van der Waals surface area contributed by atoms with Crippen LogP contribution in [0.3, 0.4) is 0 Å². The summed E-state index contributed by atoms with van der Waals surface area (Å²) in [6.07, 6.45) is 14.3. The number of hydrogen-bond donors (Lipinski definition) is 0. The summed E-state index contributed by atoms with van der Waals surface area (Å²) in [5.74, 6) is 3.75.